The lowest BCUT2D eigenvalue weighted by molar-refractivity contribution is 0.188. The topological polar surface area (TPSA) is 9.23 Å². The summed E-state index contributed by atoms with van der Waals surface area (Å²) in [6.45, 7) is 3.93. The van der Waals surface area contributed by atoms with Crippen LogP contribution in [0, 0.1) is 5.92 Å². The quantitative estimate of drug-likeness (QED) is 0.531. The summed E-state index contributed by atoms with van der Waals surface area (Å²) in [5, 5.41) is 0. The minimum absolute atomic E-state index is 0.645. The van der Waals surface area contributed by atoms with Crippen LogP contribution >= 0.6 is 0 Å². The Bertz CT molecular complexity index is 258. The second-order valence-electron chi connectivity index (χ2n) is 3.56. The van der Waals surface area contributed by atoms with Gasteiger partial charge in [0.1, 0.15) is 0 Å². The van der Waals surface area contributed by atoms with E-state index in [1.165, 1.54) is 11.1 Å². The first-order chi connectivity index (χ1) is 5.86. The summed E-state index contributed by atoms with van der Waals surface area (Å²) in [7, 11) is 0. The first-order valence-electron chi connectivity index (χ1n) is 4.47. The van der Waals surface area contributed by atoms with Crippen LogP contribution in [0.3, 0.4) is 0 Å². The van der Waals surface area contributed by atoms with Crippen molar-refractivity contribution in [2.24, 2.45) is 5.92 Å². The maximum Gasteiger partial charge on any atom is 0.0683 e. The van der Waals surface area contributed by atoms with E-state index in [4.69, 9.17) is 4.74 Å². The Morgan fingerprint density at radius 3 is 3.08 bits per heavy atom. The van der Waals surface area contributed by atoms with Crippen molar-refractivity contribution < 1.29 is 4.74 Å². The minimum Gasteiger partial charge on any atom is -0.376 e. The molecule has 0 bridgehead atoms. The van der Waals surface area contributed by atoms with E-state index in [0.717, 1.165) is 19.6 Å². The molecule has 1 nitrogen and oxygen atoms in total. The molecule has 1 aliphatic carbocycles. The van der Waals surface area contributed by atoms with Crippen molar-refractivity contribution >= 4 is 0 Å². The van der Waals surface area contributed by atoms with E-state index in [2.05, 4.69) is 31.2 Å². The molecule has 2 rings (SSSR count). The highest BCUT2D eigenvalue weighted by Gasteiger charge is 2.21. The van der Waals surface area contributed by atoms with Crippen LogP contribution in [0.15, 0.2) is 35.5 Å². The molecule has 0 saturated carbocycles. The van der Waals surface area contributed by atoms with Gasteiger partial charge in [-0.25, -0.2) is 0 Å². The van der Waals surface area contributed by atoms with Gasteiger partial charge in [-0.1, -0.05) is 29.9 Å². The molecule has 0 amide bonds. The fourth-order valence-corrected chi connectivity index (χ4v) is 1.77. The average Bonchev–Trinajstić information content (AvgIpc) is 2.42. The molecule has 1 heteroatoms. The molecule has 2 aliphatic rings. The van der Waals surface area contributed by atoms with Gasteiger partial charge in [0.25, 0.3) is 0 Å². The largest absolute Gasteiger partial charge is 0.376 e. The second kappa shape index (κ2) is 3.28. The van der Waals surface area contributed by atoms with E-state index in [-0.39, 0.29) is 0 Å². The standard InChI is InChI=1S/C11H14O/c1-9-4-2-3-5-10-7-12-8-11(10)6-9/h2-5,11H,6-8H2,1H3/b3-2-,9-4-,10-5-. The summed E-state index contributed by atoms with van der Waals surface area (Å²) in [5.41, 5.74) is 2.91. The van der Waals surface area contributed by atoms with Gasteiger partial charge in [0.2, 0.25) is 0 Å². The van der Waals surface area contributed by atoms with Gasteiger partial charge in [0.15, 0.2) is 0 Å². The van der Waals surface area contributed by atoms with Crippen molar-refractivity contribution in [1.82, 2.24) is 0 Å². The van der Waals surface area contributed by atoms with Crippen LogP contribution in [0.4, 0.5) is 0 Å². The first-order valence-corrected chi connectivity index (χ1v) is 4.47. The van der Waals surface area contributed by atoms with Crippen molar-refractivity contribution in [2.45, 2.75) is 13.3 Å². The van der Waals surface area contributed by atoms with Crippen molar-refractivity contribution in [2.75, 3.05) is 13.2 Å². The zero-order valence-corrected chi connectivity index (χ0v) is 7.42. The van der Waals surface area contributed by atoms with Crippen LogP contribution in [0.25, 0.3) is 0 Å². The van der Waals surface area contributed by atoms with E-state index in [0.29, 0.717) is 5.92 Å². The van der Waals surface area contributed by atoms with Gasteiger partial charge >= 0.3 is 0 Å². The van der Waals surface area contributed by atoms with Crippen molar-refractivity contribution in [1.29, 1.82) is 0 Å². The minimum atomic E-state index is 0.645. The normalized spacial score (nSPS) is 39.9. The van der Waals surface area contributed by atoms with E-state index in [9.17, 15) is 0 Å². The summed E-state index contributed by atoms with van der Waals surface area (Å²) in [4.78, 5) is 0. The number of hydrogen-bond donors (Lipinski definition) is 0. The highest BCUT2D eigenvalue weighted by atomic mass is 16.5. The number of fused-ring (bicyclic) bond motifs is 1. The van der Waals surface area contributed by atoms with Crippen LogP contribution in [0.1, 0.15) is 13.3 Å². The third-order valence-corrected chi connectivity index (χ3v) is 2.48. The van der Waals surface area contributed by atoms with E-state index >= 15 is 0 Å². The van der Waals surface area contributed by atoms with Crippen LogP contribution in [-0.2, 0) is 4.74 Å². The van der Waals surface area contributed by atoms with Crippen molar-refractivity contribution in [3.05, 3.63) is 35.5 Å². The Morgan fingerprint density at radius 1 is 1.33 bits per heavy atom. The van der Waals surface area contributed by atoms with Crippen LogP contribution < -0.4 is 0 Å². The number of rotatable bonds is 0. The molecule has 0 spiro atoms. The number of ether oxygens (including phenoxy) is 1. The Hall–Kier alpha value is -0.820. The fourth-order valence-electron chi connectivity index (χ4n) is 1.77. The molecule has 0 aromatic heterocycles. The van der Waals surface area contributed by atoms with E-state index in [1.54, 1.807) is 0 Å². The number of hydrogen-bond acceptors (Lipinski definition) is 1. The molecule has 1 fully saturated rings. The summed E-state index contributed by atoms with van der Waals surface area (Å²) in [6.07, 6.45) is 9.76. The molecule has 1 saturated heterocycles. The average molecular weight is 162 g/mol. The maximum absolute atomic E-state index is 5.42. The zero-order valence-electron chi connectivity index (χ0n) is 7.42. The molecule has 1 atom stereocenters. The van der Waals surface area contributed by atoms with Crippen molar-refractivity contribution in [3.8, 4) is 0 Å². The predicted octanol–water partition coefficient (Wildman–Crippen LogP) is 2.47. The Labute approximate surface area is 73.4 Å². The third kappa shape index (κ3) is 1.51. The molecular formula is C11H14O. The van der Waals surface area contributed by atoms with Crippen LogP contribution in [0.2, 0.25) is 0 Å². The van der Waals surface area contributed by atoms with E-state index in [1.807, 2.05) is 0 Å². The molecule has 12 heavy (non-hydrogen) atoms. The highest BCUT2D eigenvalue weighted by Crippen LogP contribution is 2.27. The lowest BCUT2D eigenvalue weighted by atomic mass is 9.93. The van der Waals surface area contributed by atoms with Gasteiger partial charge in [0.05, 0.1) is 13.2 Å². The Morgan fingerprint density at radius 2 is 2.17 bits per heavy atom. The molecule has 0 radical (unpaired) electrons. The molecule has 1 aliphatic heterocycles. The summed E-state index contributed by atoms with van der Waals surface area (Å²) in [6, 6.07) is 0. The predicted molar refractivity (Wildman–Crippen MR) is 49.9 cm³/mol. The van der Waals surface area contributed by atoms with Gasteiger partial charge in [-0.05, 0) is 18.9 Å². The third-order valence-electron chi connectivity index (χ3n) is 2.48. The highest BCUT2D eigenvalue weighted by molar-refractivity contribution is 5.26. The molecular weight excluding hydrogens is 148 g/mol. The molecule has 0 aromatic carbocycles. The van der Waals surface area contributed by atoms with Gasteiger partial charge in [-0.3, -0.25) is 0 Å². The molecule has 64 valence electrons. The smallest absolute Gasteiger partial charge is 0.0683 e. The second-order valence-corrected chi connectivity index (χ2v) is 3.56. The molecule has 1 unspecified atom stereocenters. The zero-order chi connectivity index (χ0) is 8.39. The lowest BCUT2D eigenvalue weighted by Crippen LogP contribution is -2.03. The molecule has 0 aromatic rings. The Balaban J connectivity index is 2.23. The van der Waals surface area contributed by atoms with Crippen LogP contribution in [0.5, 0.6) is 0 Å². The summed E-state index contributed by atoms with van der Waals surface area (Å²) in [5.74, 6) is 0.645. The van der Waals surface area contributed by atoms with Gasteiger partial charge in [-0.15, -0.1) is 0 Å². The summed E-state index contributed by atoms with van der Waals surface area (Å²) < 4.78 is 5.42. The van der Waals surface area contributed by atoms with Gasteiger partial charge in [-0.2, -0.15) is 0 Å². The molecule has 0 N–H and O–H groups in total. The van der Waals surface area contributed by atoms with Crippen LogP contribution in [-0.4, -0.2) is 13.2 Å². The van der Waals surface area contributed by atoms with Gasteiger partial charge < -0.3 is 4.74 Å². The molecule has 1 heterocycles. The monoisotopic (exact) mass is 162 g/mol. The number of allylic oxidation sites excluding steroid dienone is 5. The van der Waals surface area contributed by atoms with Gasteiger partial charge in [0, 0.05) is 5.92 Å². The summed E-state index contributed by atoms with van der Waals surface area (Å²) >= 11 is 0. The Kier molecular flexibility index (Phi) is 2.13. The van der Waals surface area contributed by atoms with E-state index < -0.39 is 0 Å². The van der Waals surface area contributed by atoms with Crippen molar-refractivity contribution in [3.63, 3.8) is 0 Å². The first kappa shape index (κ1) is 7.81. The maximum atomic E-state index is 5.42. The lowest BCUT2D eigenvalue weighted by Gasteiger charge is -2.10. The SMILES string of the molecule is C/C1=C/C=C\C=C2\COCC2C1. The fraction of sp³-hybridized carbons (Fsp3) is 0.455.